The van der Waals surface area contributed by atoms with Gasteiger partial charge in [0.15, 0.2) is 0 Å². The van der Waals surface area contributed by atoms with Gasteiger partial charge in [-0.05, 0) is 0 Å². The van der Waals surface area contributed by atoms with Crippen LogP contribution in [0.3, 0.4) is 0 Å². The van der Waals surface area contributed by atoms with Crippen molar-refractivity contribution in [3.63, 3.8) is 0 Å². The fourth-order valence-corrected chi connectivity index (χ4v) is 1.89. The summed E-state index contributed by atoms with van der Waals surface area (Å²) in [5, 5.41) is 58.0. The Hall–Kier alpha value is -0.320. The second-order valence-electron chi connectivity index (χ2n) is 5.98. The molecule has 1 rings (SSSR count). The highest BCUT2D eigenvalue weighted by atomic mass is 16.7. The van der Waals surface area contributed by atoms with E-state index in [-0.39, 0.29) is 6.61 Å². The van der Waals surface area contributed by atoms with Crippen molar-refractivity contribution < 1.29 is 39.9 Å². The van der Waals surface area contributed by atoms with Crippen LogP contribution in [-0.4, -0.2) is 106 Å². The van der Waals surface area contributed by atoms with E-state index in [1.807, 2.05) is 21.1 Å². The summed E-state index contributed by atoms with van der Waals surface area (Å²) in [5.41, 5.74) is 0. The van der Waals surface area contributed by atoms with Gasteiger partial charge in [0.1, 0.15) is 37.1 Å². The second kappa shape index (κ2) is 5.58. The molecule has 114 valence electrons. The molecule has 0 saturated heterocycles. The lowest BCUT2D eigenvalue weighted by atomic mass is 9.82. The minimum atomic E-state index is -2.52. The number of aliphatic hydroxyl groups is 6. The van der Waals surface area contributed by atoms with E-state index in [1.54, 1.807) is 0 Å². The summed E-state index contributed by atoms with van der Waals surface area (Å²) in [4.78, 5) is 0. The number of quaternary nitrogens is 1. The normalized spacial score (nSPS) is 44.4. The molecule has 0 bridgehead atoms. The van der Waals surface area contributed by atoms with E-state index in [1.165, 1.54) is 0 Å². The smallest absolute Gasteiger partial charge is 0.224 e. The zero-order valence-electron chi connectivity index (χ0n) is 11.3. The van der Waals surface area contributed by atoms with Crippen LogP contribution in [0.15, 0.2) is 0 Å². The largest absolute Gasteiger partial charge is 0.387 e. The van der Waals surface area contributed by atoms with Crippen molar-refractivity contribution in [1.29, 1.82) is 0 Å². The highest BCUT2D eigenvalue weighted by Crippen LogP contribution is 2.31. The van der Waals surface area contributed by atoms with Gasteiger partial charge in [-0.15, -0.1) is 0 Å². The molecule has 6 N–H and O–H groups in total. The monoisotopic (exact) mass is 282 g/mol. The molecule has 0 amide bonds. The molecular weight excluding hydrogens is 258 g/mol. The third-order valence-electron chi connectivity index (χ3n) is 3.29. The van der Waals surface area contributed by atoms with E-state index in [2.05, 4.69) is 0 Å². The summed E-state index contributed by atoms with van der Waals surface area (Å²) in [5.74, 6) is -2.52. The number of rotatable bonds is 4. The number of hydrogen-bond donors (Lipinski definition) is 6. The molecule has 0 spiro atoms. The molecule has 1 aliphatic carbocycles. The molecule has 1 fully saturated rings. The van der Waals surface area contributed by atoms with Gasteiger partial charge in [0.25, 0.3) is 0 Å². The van der Waals surface area contributed by atoms with Gasteiger partial charge in [0.05, 0.1) is 27.7 Å². The van der Waals surface area contributed by atoms with Crippen LogP contribution in [0.5, 0.6) is 0 Å². The molecule has 0 aromatic rings. The quantitative estimate of drug-likeness (QED) is 0.230. The Labute approximate surface area is 111 Å². The Kier molecular flexibility index (Phi) is 4.92. The summed E-state index contributed by atoms with van der Waals surface area (Å²) >= 11 is 0. The summed E-state index contributed by atoms with van der Waals surface area (Å²) in [7, 11) is 5.65. The summed E-state index contributed by atoms with van der Waals surface area (Å²) in [6.07, 6.45) is -9.23. The van der Waals surface area contributed by atoms with Crippen molar-refractivity contribution in [2.45, 2.75) is 36.3 Å². The Balaban J connectivity index is 2.76. The van der Waals surface area contributed by atoms with Gasteiger partial charge < -0.3 is 39.9 Å². The van der Waals surface area contributed by atoms with Crippen LogP contribution in [-0.2, 0) is 4.74 Å². The molecule has 19 heavy (non-hydrogen) atoms. The average molecular weight is 282 g/mol. The molecule has 8 heteroatoms. The maximum atomic E-state index is 10.1. The SMILES string of the molecule is C[N+](C)(C)CCOC1(O)C(O)C(O)C(O)C(O)C1O. The van der Waals surface area contributed by atoms with Gasteiger partial charge >= 0.3 is 0 Å². The first-order valence-electron chi connectivity index (χ1n) is 6.08. The lowest BCUT2D eigenvalue weighted by Gasteiger charge is -2.47. The fraction of sp³-hybridized carbons (Fsp3) is 1.00. The van der Waals surface area contributed by atoms with Crippen LogP contribution in [0.2, 0.25) is 0 Å². The van der Waals surface area contributed by atoms with Crippen LogP contribution in [0, 0.1) is 0 Å². The Morgan fingerprint density at radius 2 is 1.32 bits per heavy atom. The van der Waals surface area contributed by atoms with Crippen molar-refractivity contribution >= 4 is 0 Å². The van der Waals surface area contributed by atoms with E-state index in [4.69, 9.17) is 4.74 Å². The second-order valence-corrected chi connectivity index (χ2v) is 5.98. The molecule has 4 unspecified atom stereocenters. The fourth-order valence-electron chi connectivity index (χ4n) is 1.89. The van der Waals surface area contributed by atoms with E-state index < -0.39 is 36.3 Å². The standard InChI is InChI=1S/C11H24NO7/c1-12(2,3)4-5-19-11(18)9(16)7(14)6(13)8(15)10(11)17/h6-10,13-18H,4-5H2,1-3H3/q+1. The average Bonchev–Trinajstić information content (AvgIpc) is 2.30. The number of aliphatic hydroxyl groups excluding tert-OH is 5. The number of nitrogens with zero attached hydrogens (tertiary/aromatic N) is 1. The van der Waals surface area contributed by atoms with Crippen LogP contribution in [0.1, 0.15) is 0 Å². The lowest BCUT2D eigenvalue weighted by Crippen LogP contribution is -2.72. The Morgan fingerprint density at radius 3 is 1.68 bits per heavy atom. The third kappa shape index (κ3) is 3.41. The summed E-state index contributed by atoms with van der Waals surface area (Å²) in [6, 6.07) is 0. The van der Waals surface area contributed by atoms with Gasteiger partial charge in [-0.1, -0.05) is 0 Å². The van der Waals surface area contributed by atoms with E-state index in [0.717, 1.165) is 0 Å². The molecule has 0 radical (unpaired) electrons. The third-order valence-corrected chi connectivity index (χ3v) is 3.29. The first-order valence-corrected chi connectivity index (χ1v) is 6.08. The first-order chi connectivity index (χ1) is 8.50. The van der Waals surface area contributed by atoms with Crippen molar-refractivity contribution in [2.75, 3.05) is 34.3 Å². The van der Waals surface area contributed by atoms with Gasteiger partial charge in [-0.2, -0.15) is 0 Å². The first kappa shape index (κ1) is 16.7. The van der Waals surface area contributed by atoms with Gasteiger partial charge in [-0.3, -0.25) is 0 Å². The molecule has 0 aliphatic heterocycles. The molecule has 4 atom stereocenters. The van der Waals surface area contributed by atoms with Crippen molar-refractivity contribution in [3.8, 4) is 0 Å². The van der Waals surface area contributed by atoms with Gasteiger partial charge in [0.2, 0.25) is 5.79 Å². The van der Waals surface area contributed by atoms with Crippen LogP contribution in [0.4, 0.5) is 0 Å². The highest BCUT2D eigenvalue weighted by molar-refractivity contribution is 5.03. The summed E-state index contributed by atoms with van der Waals surface area (Å²) < 4.78 is 5.59. The topological polar surface area (TPSA) is 131 Å². The van der Waals surface area contributed by atoms with E-state index in [9.17, 15) is 30.6 Å². The van der Waals surface area contributed by atoms with E-state index in [0.29, 0.717) is 11.0 Å². The molecule has 1 aliphatic rings. The van der Waals surface area contributed by atoms with Crippen molar-refractivity contribution in [3.05, 3.63) is 0 Å². The van der Waals surface area contributed by atoms with Crippen molar-refractivity contribution in [2.24, 2.45) is 0 Å². The molecule has 1 saturated carbocycles. The number of likely N-dealkylation sites (N-methyl/N-ethyl adjacent to an activating group) is 1. The van der Waals surface area contributed by atoms with Gasteiger partial charge in [0, 0.05) is 0 Å². The van der Waals surface area contributed by atoms with Crippen molar-refractivity contribution in [1.82, 2.24) is 0 Å². The van der Waals surface area contributed by atoms with Crippen LogP contribution >= 0.6 is 0 Å². The number of hydrogen-bond acceptors (Lipinski definition) is 7. The van der Waals surface area contributed by atoms with Crippen LogP contribution < -0.4 is 0 Å². The van der Waals surface area contributed by atoms with Gasteiger partial charge in [-0.25, -0.2) is 0 Å². The predicted molar refractivity (Wildman–Crippen MR) is 63.8 cm³/mol. The minimum Gasteiger partial charge on any atom is -0.387 e. The molecule has 0 heterocycles. The lowest BCUT2D eigenvalue weighted by molar-refractivity contribution is -0.871. The Morgan fingerprint density at radius 1 is 0.895 bits per heavy atom. The zero-order chi connectivity index (χ0) is 15.0. The number of ether oxygens (including phenoxy) is 1. The molecule has 8 nitrogen and oxygen atoms in total. The Bertz CT molecular complexity index is 290. The summed E-state index contributed by atoms with van der Waals surface area (Å²) in [6.45, 7) is 0.458. The van der Waals surface area contributed by atoms with E-state index >= 15 is 0 Å². The molecular formula is C11H24NO7+. The highest BCUT2D eigenvalue weighted by Gasteiger charge is 2.58. The molecule has 0 aromatic carbocycles. The maximum Gasteiger partial charge on any atom is 0.224 e. The maximum absolute atomic E-state index is 10.1. The zero-order valence-corrected chi connectivity index (χ0v) is 11.3. The molecule has 0 aromatic heterocycles. The predicted octanol–water partition coefficient (Wildman–Crippen LogP) is -3.78. The van der Waals surface area contributed by atoms with Crippen LogP contribution in [0.25, 0.3) is 0 Å². The minimum absolute atomic E-state index is 0.0103.